The van der Waals surface area contributed by atoms with Gasteiger partial charge < -0.3 is 14.5 Å². The van der Waals surface area contributed by atoms with Crippen molar-refractivity contribution in [3.05, 3.63) is 62.1 Å². The van der Waals surface area contributed by atoms with Crippen molar-refractivity contribution >= 4 is 40.5 Å². The summed E-state index contributed by atoms with van der Waals surface area (Å²) in [7, 11) is 1.46. The van der Waals surface area contributed by atoms with Gasteiger partial charge >= 0.3 is 0 Å². The van der Waals surface area contributed by atoms with Crippen molar-refractivity contribution in [2.45, 2.75) is 0 Å². The van der Waals surface area contributed by atoms with E-state index in [9.17, 15) is 14.9 Å². The second-order valence-corrected chi connectivity index (χ2v) is 6.84. The molecule has 0 radical (unpaired) electrons. The largest absolute Gasteiger partial charge is 0.494 e. The number of piperazine rings is 1. The molecule has 0 spiro atoms. The molecule has 27 heavy (non-hydrogen) atoms. The summed E-state index contributed by atoms with van der Waals surface area (Å²) in [6.45, 7) is 2.30. The second kappa shape index (κ2) is 8.02. The van der Waals surface area contributed by atoms with E-state index in [1.54, 1.807) is 29.2 Å². The van der Waals surface area contributed by atoms with Crippen LogP contribution in [0.1, 0.15) is 10.4 Å². The van der Waals surface area contributed by atoms with Crippen molar-refractivity contribution in [3.63, 3.8) is 0 Å². The van der Waals surface area contributed by atoms with E-state index >= 15 is 0 Å². The van der Waals surface area contributed by atoms with E-state index in [1.165, 1.54) is 19.2 Å². The minimum Gasteiger partial charge on any atom is -0.494 e. The highest BCUT2D eigenvalue weighted by Gasteiger charge is 2.24. The number of nitro benzene ring substituents is 1. The van der Waals surface area contributed by atoms with Crippen molar-refractivity contribution in [2.75, 3.05) is 38.2 Å². The number of halogens is 2. The van der Waals surface area contributed by atoms with E-state index in [0.717, 1.165) is 5.69 Å². The van der Waals surface area contributed by atoms with Gasteiger partial charge in [-0.2, -0.15) is 0 Å². The van der Waals surface area contributed by atoms with Crippen LogP contribution in [-0.4, -0.2) is 49.0 Å². The standard InChI is InChI=1S/C18H17Cl2N3O4/c1-27-17-15(19)10-12(11-16(17)20)18(24)22-8-6-21(7-9-22)13-2-4-14(5-3-13)23(25)26/h2-5,10-11H,6-9H2,1H3. The zero-order valence-corrected chi connectivity index (χ0v) is 16.0. The average molecular weight is 410 g/mol. The highest BCUT2D eigenvalue weighted by atomic mass is 35.5. The summed E-state index contributed by atoms with van der Waals surface area (Å²) in [6, 6.07) is 9.51. The molecule has 1 aliphatic rings. The first-order valence-electron chi connectivity index (χ1n) is 8.22. The first-order chi connectivity index (χ1) is 12.9. The molecule has 3 rings (SSSR count). The number of nitro groups is 1. The second-order valence-electron chi connectivity index (χ2n) is 6.03. The van der Waals surface area contributed by atoms with Gasteiger partial charge in [-0.15, -0.1) is 0 Å². The van der Waals surface area contributed by atoms with Crippen molar-refractivity contribution in [1.82, 2.24) is 4.90 Å². The third-order valence-corrected chi connectivity index (χ3v) is 5.00. The van der Waals surface area contributed by atoms with Crippen LogP contribution in [0.15, 0.2) is 36.4 Å². The fraction of sp³-hybridized carbons (Fsp3) is 0.278. The van der Waals surface area contributed by atoms with E-state index in [-0.39, 0.29) is 21.6 Å². The Labute approximate surface area is 166 Å². The third-order valence-electron chi connectivity index (χ3n) is 4.44. The monoisotopic (exact) mass is 409 g/mol. The van der Waals surface area contributed by atoms with Crippen LogP contribution in [0.5, 0.6) is 5.75 Å². The maximum Gasteiger partial charge on any atom is 0.269 e. The minimum absolute atomic E-state index is 0.0563. The normalized spacial score (nSPS) is 14.2. The van der Waals surface area contributed by atoms with Crippen LogP contribution >= 0.6 is 23.2 Å². The molecule has 1 amide bonds. The molecular formula is C18H17Cl2N3O4. The summed E-state index contributed by atoms with van der Waals surface area (Å²) in [4.78, 5) is 26.9. The Kier molecular flexibility index (Phi) is 5.72. The zero-order valence-electron chi connectivity index (χ0n) is 14.5. The molecule has 2 aromatic rings. The number of anilines is 1. The number of nitrogens with zero attached hydrogens (tertiary/aromatic N) is 3. The number of benzene rings is 2. The molecule has 2 aromatic carbocycles. The van der Waals surface area contributed by atoms with Crippen LogP contribution in [0.4, 0.5) is 11.4 Å². The molecule has 1 aliphatic heterocycles. The number of hydrogen-bond acceptors (Lipinski definition) is 5. The lowest BCUT2D eigenvalue weighted by Gasteiger charge is -2.36. The Morgan fingerprint density at radius 2 is 1.63 bits per heavy atom. The minimum atomic E-state index is -0.425. The van der Waals surface area contributed by atoms with Gasteiger partial charge in [0.2, 0.25) is 0 Å². The fourth-order valence-electron chi connectivity index (χ4n) is 3.01. The quantitative estimate of drug-likeness (QED) is 0.565. The molecule has 0 aliphatic carbocycles. The van der Waals surface area contributed by atoms with Crippen molar-refractivity contribution < 1.29 is 14.5 Å². The van der Waals surface area contributed by atoms with Crippen LogP contribution in [0.25, 0.3) is 0 Å². The number of amides is 1. The number of non-ortho nitro benzene ring substituents is 1. The van der Waals surface area contributed by atoms with Gasteiger partial charge in [-0.05, 0) is 24.3 Å². The molecule has 7 nitrogen and oxygen atoms in total. The Morgan fingerprint density at radius 3 is 2.11 bits per heavy atom. The summed E-state index contributed by atoms with van der Waals surface area (Å²) in [6.07, 6.45) is 0. The molecule has 1 saturated heterocycles. The van der Waals surface area contributed by atoms with Crippen LogP contribution in [0.3, 0.4) is 0 Å². The van der Waals surface area contributed by atoms with Crippen LogP contribution in [0, 0.1) is 10.1 Å². The fourth-order valence-corrected chi connectivity index (χ4v) is 3.66. The SMILES string of the molecule is COc1c(Cl)cc(C(=O)N2CCN(c3ccc([N+](=O)[O-])cc3)CC2)cc1Cl. The van der Waals surface area contributed by atoms with Gasteiger partial charge in [0.25, 0.3) is 11.6 Å². The van der Waals surface area contributed by atoms with E-state index in [2.05, 4.69) is 4.90 Å². The average Bonchev–Trinajstić information content (AvgIpc) is 2.67. The van der Waals surface area contributed by atoms with E-state index in [1.807, 2.05) is 0 Å². The van der Waals surface area contributed by atoms with Gasteiger partial charge in [0, 0.05) is 49.6 Å². The maximum absolute atomic E-state index is 12.7. The van der Waals surface area contributed by atoms with Crippen LogP contribution in [0.2, 0.25) is 10.0 Å². The van der Waals surface area contributed by atoms with Crippen LogP contribution < -0.4 is 9.64 Å². The third kappa shape index (κ3) is 4.09. The van der Waals surface area contributed by atoms with Gasteiger partial charge in [0.1, 0.15) is 0 Å². The van der Waals surface area contributed by atoms with E-state index in [0.29, 0.717) is 37.5 Å². The molecule has 0 bridgehead atoms. The molecule has 0 aromatic heterocycles. The number of methoxy groups -OCH3 is 1. The molecule has 1 fully saturated rings. The summed E-state index contributed by atoms with van der Waals surface area (Å²) in [5, 5.41) is 11.3. The highest BCUT2D eigenvalue weighted by Crippen LogP contribution is 2.34. The number of ether oxygens (including phenoxy) is 1. The van der Waals surface area contributed by atoms with Crippen LogP contribution in [-0.2, 0) is 0 Å². The van der Waals surface area contributed by atoms with Gasteiger partial charge in [-0.3, -0.25) is 14.9 Å². The van der Waals surface area contributed by atoms with Crippen molar-refractivity contribution in [1.29, 1.82) is 0 Å². The van der Waals surface area contributed by atoms with E-state index < -0.39 is 4.92 Å². The summed E-state index contributed by atoms with van der Waals surface area (Å²) in [5.41, 5.74) is 1.36. The van der Waals surface area contributed by atoms with E-state index in [4.69, 9.17) is 27.9 Å². The molecule has 0 N–H and O–H groups in total. The first-order valence-corrected chi connectivity index (χ1v) is 8.98. The molecule has 142 valence electrons. The topological polar surface area (TPSA) is 75.9 Å². The smallest absolute Gasteiger partial charge is 0.269 e. The maximum atomic E-state index is 12.7. The van der Waals surface area contributed by atoms with Crippen molar-refractivity contribution in [3.8, 4) is 5.75 Å². The van der Waals surface area contributed by atoms with Gasteiger partial charge in [0.05, 0.1) is 22.1 Å². The van der Waals surface area contributed by atoms with Crippen molar-refractivity contribution in [2.24, 2.45) is 0 Å². The molecule has 1 heterocycles. The molecule has 0 unspecified atom stereocenters. The van der Waals surface area contributed by atoms with Gasteiger partial charge in [0.15, 0.2) is 5.75 Å². The lowest BCUT2D eigenvalue weighted by atomic mass is 10.1. The highest BCUT2D eigenvalue weighted by molar-refractivity contribution is 6.37. The number of carbonyl (C=O) groups excluding carboxylic acids is 1. The lowest BCUT2D eigenvalue weighted by molar-refractivity contribution is -0.384. The number of carbonyl (C=O) groups is 1. The van der Waals surface area contributed by atoms with Gasteiger partial charge in [-0.25, -0.2) is 0 Å². The Morgan fingerprint density at radius 1 is 1.07 bits per heavy atom. The first kappa shape index (κ1) is 19.3. The molecule has 9 heteroatoms. The summed E-state index contributed by atoms with van der Waals surface area (Å²) < 4.78 is 5.10. The Balaban J connectivity index is 1.66. The molecular weight excluding hydrogens is 393 g/mol. The molecule has 0 atom stereocenters. The summed E-state index contributed by atoms with van der Waals surface area (Å²) >= 11 is 12.2. The summed E-state index contributed by atoms with van der Waals surface area (Å²) in [5.74, 6) is 0.197. The zero-order chi connectivity index (χ0) is 19.6. The predicted molar refractivity (Wildman–Crippen MR) is 104 cm³/mol. The molecule has 0 saturated carbocycles. The Hall–Kier alpha value is -2.51. The lowest BCUT2D eigenvalue weighted by Crippen LogP contribution is -2.48. The predicted octanol–water partition coefficient (Wildman–Crippen LogP) is 3.87. The number of rotatable bonds is 4. The van der Waals surface area contributed by atoms with Gasteiger partial charge in [-0.1, -0.05) is 23.2 Å². The number of hydrogen-bond donors (Lipinski definition) is 0. The Bertz CT molecular complexity index is 842.